The minimum Gasteiger partial charge on any atom is -0.359 e. The van der Waals surface area contributed by atoms with Gasteiger partial charge in [0.25, 0.3) is 5.91 Å². The summed E-state index contributed by atoms with van der Waals surface area (Å²) in [7, 11) is 1.67. The van der Waals surface area contributed by atoms with E-state index in [0.29, 0.717) is 6.61 Å². The highest BCUT2D eigenvalue weighted by atomic mass is 16.6. The largest absolute Gasteiger partial charge is 0.359 e. The van der Waals surface area contributed by atoms with Crippen LogP contribution < -0.4 is 5.32 Å². The third-order valence-corrected chi connectivity index (χ3v) is 3.07. The molecule has 0 spiro atoms. The molecule has 0 aromatic rings. The zero-order valence-corrected chi connectivity index (χ0v) is 9.97. The second-order valence-electron chi connectivity index (χ2n) is 4.38. The van der Waals surface area contributed by atoms with E-state index in [0.717, 1.165) is 12.8 Å². The molecule has 88 valence electrons. The highest BCUT2D eigenvalue weighted by Gasteiger charge is 2.50. The SMILES string of the molecule is CCCCCCCCC1(C(=O)NC)CO1. The lowest BCUT2D eigenvalue weighted by Gasteiger charge is -2.09. The lowest BCUT2D eigenvalue weighted by atomic mass is 10.0. The van der Waals surface area contributed by atoms with Crippen LogP contribution in [0.25, 0.3) is 0 Å². The van der Waals surface area contributed by atoms with Gasteiger partial charge in [0.05, 0.1) is 6.61 Å². The third kappa shape index (κ3) is 3.82. The number of carbonyl (C=O) groups is 1. The van der Waals surface area contributed by atoms with E-state index in [2.05, 4.69) is 12.2 Å². The van der Waals surface area contributed by atoms with Gasteiger partial charge < -0.3 is 10.1 Å². The Kier molecular flexibility index (Phi) is 5.09. The van der Waals surface area contributed by atoms with Gasteiger partial charge in [-0.1, -0.05) is 39.0 Å². The van der Waals surface area contributed by atoms with Crippen LogP contribution in [0.3, 0.4) is 0 Å². The van der Waals surface area contributed by atoms with Gasteiger partial charge in [-0.25, -0.2) is 0 Å². The number of carbonyl (C=O) groups excluding carboxylic acids is 1. The fourth-order valence-electron chi connectivity index (χ4n) is 1.89. The van der Waals surface area contributed by atoms with Gasteiger partial charge >= 0.3 is 0 Å². The van der Waals surface area contributed by atoms with Crippen LogP contribution in [0.5, 0.6) is 0 Å². The van der Waals surface area contributed by atoms with Crippen LogP contribution in [-0.4, -0.2) is 25.2 Å². The molecule has 1 aliphatic rings. The molecule has 15 heavy (non-hydrogen) atoms. The number of likely N-dealkylation sites (N-methyl/N-ethyl adjacent to an activating group) is 1. The van der Waals surface area contributed by atoms with Gasteiger partial charge in [-0.3, -0.25) is 4.79 Å². The van der Waals surface area contributed by atoms with Crippen molar-refractivity contribution >= 4 is 5.91 Å². The predicted octanol–water partition coefficient (Wildman–Crippen LogP) is 2.25. The molecular weight excluding hydrogens is 190 g/mol. The van der Waals surface area contributed by atoms with Crippen molar-refractivity contribution in [1.29, 1.82) is 0 Å². The van der Waals surface area contributed by atoms with E-state index in [4.69, 9.17) is 4.74 Å². The van der Waals surface area contributed by atoms with E-state index in [1.54, 1.807) is 7.05 Å². The van der Waals surface area contributed by atoms with Gasteiger partial charge in [0.2, 0.25) is 0 Å². The maximum atomic E-state index is 11.4. The molecule has 1 atom stereocenters. The molecule has 1 heterocycles. The molecule has 0 aromatic carbocycles. The minimum absolute atomic E-state index is 0.0519. The molecule has 1 saturated heterocycles. The molecule has 1 aliphatic heterocycles. The van der Waals surface area contributed by atoms with Crippen LogP contribution in [-0.2, 0) is 9.53 Å². The van der Waals surface area contributed by atoms with Gasteiger partial charge in [0.15, 0.2) is 5.60 Å². The number of ether oxygens (including phenoxy) is 1. The molecule has 0 aliphatic carbocycles. The second-order valence-corrected chi connectivity index (χ2v) is 4.38. The summed E-state index contributed by atoms with van der Waals surface area (Å²) in [6.07, 6.45) is 8.45. The predicted molar refractivity (Wildman–Crippen MR) is 60.7 cm³/mol. The summed E-state index contributed by atoms with van der Waals surface area (Å²) in [6, 6.07) is 0. The molecule has 3 heteroatoms. The fraction of sp³-hybridized carbons (Fsp3) is 0.917. The van der Waals surface area contributed by atoms with E-state index in [1.165, 1.54) is 32.1 Å². The van der Waals surface area contributed by atoms with Crippen LogP contribution >= 0.6 is 0 Å². The first-order valence-electron chi connectivity index (χ1n) is 6.11. The van der Waals surface area contributed by atoms with Crippen molar-refractivity contribution in [3.8, 4) is 0 Å². The summed E-state index contributed by atoms with van der Waals surface area (Å²) >= 11 is 0. The summed E-state index contributed by atoms with van der Waals surface area (Å²) in [5.41, 5.74) is -0.445. The average Bonchev–Trinajstić information content (AvgIpc) is 3.03. The number of epoxide rings is 1. The molecule has 0 radical (unpaired) electrons. The molecule has 1 unspecified atom stereocenters. The van der Waals surface area contributed by atoms with Crippen LogP contribution in [0, 0.1) is 0 Å². The van der Waals surface area contributed by atoms with Crippen molar-refractivity contribution in [2.45, 2.75) is 57.5 Å². The van der Waals surface area contributed by atoms with Gasteiger partial charge in [-0.2, -0.15) is 0 Å². The van der Waals surface area contributed by atoms with Crippen LogP contribution in [0.4, 0.5) is 0 Å². The Bertz CT molecular complexity index is 200. The van der Waals surface area contributed by atoms with Gasteiger partial charge in [0.1, 0.15) is 0 Å². The van der Waals surface area contributed by atoms with Crippen molar-refractivity contribution in [3.63, 3.8) is 0 Å². The number of nitrogens with one attached hydrogen (secondary N) is 1. The number of rotatable bonds is 8. The number of unbranched alkanes of at least 4 members (excludes halogenated alkanes) is 5. The summed E-state index contributed by atoms with van der Waals surface area (Å²) in [5.74, 6) is 0.0519. The smallest absolute Gasteiger partial charge is 0.254 e. The molecule has 0 aromatic heterocycles. The monoisotopic (exact) mass is 213 g/mol. The van der Waals surface area contributed by atoms with Crippen molar-refractivity contribution in [2.75, 3.05) is 13.7 Å². The van der Waals surface area contributed by atoms with Gasteiger partial charge in [-0.15, -0.1) is 0 Å². The van der Waals surface area contributed by atoms with E-state index < -0.39 is 5.60 Å². The number of hydrogen-bond donors (Lipinski definition) is 1. The summed E-state index contributed by atoms with van der Waals surface area (Å²) in [5, 5.41) is 2.67. The topological polar surface area (TPSA) is 41.6 Å². The van der Waals surface area contributed by atoms with Gasteiger partial charge in [-0.05, 0) is 12.8 Å². The molecule has 1 N–H and O–H groups in total. The molecule has 1 rings (SSSR count). The Morgan fingerprint density at radius 3 is 2.40 bits per heavy atom. The number of amides is 1. The Morgan fingerprint density at radius 2 is 1.87 bits per heavy atom. The zero-order valence-electron chi connectivity index (χ0n) is 9.97. The molecule has 3 nitrogen and oxygen atoms in total. The molecular formula is C12H23NO2. The summed E-state index contributed by atoms with van der Waals surface area (Å²) < 4.78 is 5.26. The van der Waals surface area contributed by atoms with E-state index in [1.807, 2.05) is 0 Å². The first-order chi connectivity index (χ1) is 7.25. The Labute approximate surface area is 92.6 Å². The highest BCUT2D eigenvalue weighted by molar-refractivity contribution is 5.87. The molecule has 1 amide bonds. The first-order valence-corrected chi connectivity index (χ1v) is 6.11. The molecule has 0 bridgehead atoms. The highest BCUT2D eigenvalue weighted by Crippen LogP contribution is 2.33. The van der Waals surface area contributed by atoms with Crippen LogP contribution in [0.2, 0.25) is 0 Å². The minimum atomic E-state index is -0.445. The normalized spacial score (nSPS) is 23.9. The summed E-state index contributed by atoms with van der Waals surface area (Å²) in [4.78, 5) is 11.4. The maximum Gasteiger partial charge on any atom is 0.254 e. The number of hydrogen-bond acceptors (Lipinski definition) is 2. The Hall–Kier alpha value is -0.570. The lowest BCUT2D eigenvalue weighted by molar-refractivity contribution is -0.126. The first kappa shape index (κ1) is 12.5. The summed E-state index contributed by atoms with van der Waals surface area (Å²) in [6.45, 7) is 2.83. The Morgan fingerprint density at radius 1 is 1.27 bits per heavy atom. The van der Waals surface area contributed by atoms with E-state index >= 15 is 0 Å². The zero-order chi connectivity index (χ0) is 11.1. The van der Waals surface area contributed by atoms with Crippen LogP contribution in [0.15, 0.2) is 0 Å². The standard InChI is InChI=1S/C12H23NO2/c1-3-4-5-6-7-8-9-12(10-15-12)11(14)13-2/h3-10H2,1-2H3,(H,13,14). The Balaban J connectivity index is 2.02. The molecule has 1 fully saturated rings. The van der Waals surface area contributed by atoms with Crippen molar-refractivity contribution in [1.82, 2.24) is 5.32 Å². The van der Waals surface area contributed by atoms with Gasteiger partial charge in [0, 0.05) is 7.05 Å². The molecule has 0 saturated carbocycles. The van der Waals surface area contributed by atoms with E-state index in [9.17, 15) is 4.79 Å². The maximum absolute atomic E-state index is 11.4. The fourth-order valence-corrected chi connectivity index (χ4v) is 1.89. The third-order valence-electron chi connectivity index (χ3n) is 3.07. The van der Waals surface area contributed by atoms with Crippen molar-refractivity contribution in [3.05, 3.63) is 0 Å². The lowest BCUT2D eigenvalue weighted by Crippen LogP contribution is -2.35. The second kappa shape index (κ2) is 6.11. The van der Waals surface area contributed by atoms with Crippen molar-refractivity contribution < 1.29 is 9.53 Å². The quantitative estimate of drug-likeness (QED) is 0.496. The van der Waals surface area contributed by atoms with E-state index in [-0.39, 0.29) is 5.91 Å². The van der Waals surface area contributed by atoms with Crippen molar-refractivity contribution in [2.24, 2.45) is 0 Å². The van der Waals surface area contributed by atoms with Crippen LogP contribution in [0.1, 0.15) is 51.9 Å². The average molecular weight is 213 g/mol.